The number of aliphatic hydroxyl groups excluding tert-OH is 2. The zero-order valence-electron chi connectivity index (χ0n) is 7.59. The van der Waals surface area contributed by atoms with E-state index in [0.29, 0.717) is 0 Å². The molecule has 0 aromatic heterocycles. The number of hydrogen-bond donors (Lipinski definition) is 4. The summed E-state index contributed by atoms with van der Waals surface area (Å²) >= 11 is 0. The van der Waals surface area contributed by atoms with Crippen molar-refractivity contribution in [1.82, 2.24) is 0 Å². The van der Waals surface area contributed by atoms with Crippen molar-refractivity contribution in [2.45, 2.75) is 30.6 Å². The third-order valence-corrected chi connectivity index (χ3v) is 2.31. The van der Waals surface area contributed by atoms with E-state index in [9.17, 15) is 10.2 Å². The van der Waals surface area contributed by atoms with Crippen molar-refractivity contribution >= 4 is 0 Å². The summed E-state index contributed by atoms with van der Waals surface area (Å²) in [5.74, 6) is 0. The number of quaternary nitrogens is 1. The molecule has 1 rings (SSSR count). The van der Waals surface area contributed by atoms with Crippen LogP contribution in [0.1, 0.15) is 0 Å². The zero-order chi connectivity index (χ0) is 10.0. The Labute approximate surface area is 76.4 Å². The van der Waals surface area contributed by atoms with E-state index in [1.807, 2.05) is 0 Å². The van der Waals surface area contributed by atoms with E-state index in [-0.39, 0.29) is 6.54 Å². The predicted octanol–water partition coefficient (Wildman–Crippen LogP) is -3.35. The molecule has 0 saturated carbocycles. The Balaban J connectivity index is 2.66. The maximum atomic E-state index is 9.54. The molecular formula is C7H17N2O4+. The minimum Gasteiger partial charge on any atom is -0.384 e. The van der Waals surface area contributed by atoms with Crippen LogP contribution in [-0.2, 0) is 9.47 Å². The van der Waals surface area contributed by atoms with Crippen LogP contribution >= 0.6 is 0 Å². The van der Waals surface area contributed by atoms with Crippen molar-refractivity contribution in [1.29, 1.82) is 0 Å². The predicted molar refractivity (Wildman–Crippen MR) is 43.4 cm³/mol. The summed E-state index contributed by atoms with van der Waals surface area (Å²) in [4.78, 5) is 0. The van der Waals surface area contributed by atoms with Gasteiger partial charge in [0.25, 0.3) is 0 Å². The molecule has 6 heteroatoms. The molecule has 5 unspecified atom stereocenters. The molecule has 1 fully saturated rings. The molecule has 1 heterocycles. The molecule has 78 valence electrons. The van der Waals surface area contributed by atoms with Crippen LogP contribution < -0.4 is 11.5 Å². The topological polar surface area (TPSA) is 113 Å². The van der Waals surface area contributed by atoms with Gasteiger partial charge in [0.15, 0.2) is 12.4 Å². The lowest BCUT2D eigenvalue weighted by atomic mass is 9.97. The molecule has 0 amide bonds. The Morgan fingerprint density at radius 1 is 1.46 bits per heavy atom. The molecule has 7 N–H and O–H groups in total. The van der Waals surface area contributed by atoms with Gasteiger partial charge in [0.05, 0.1) is 0 Å². The van der Waals surface area contributed by atoms with Crippen molar-refractivity contribution in [2.24, 2.45) is 5.73 Å². The minimum absolute atomic E-state index is 0.180. The zero-order valence-corrected chi connectivity index (χ0v) is 7.59. The van der Waals surface area contributed by atoms with Gasteiger partial charge in [-0.05, 0) is 0 Å². The van der Waals surface area contributed by atoms with Crippen LogP contribution in [0.4, 0.5) is 0 Å². The largest absolute Gasteiger partial charge is 0.384 e. The van der Waals surface area contributed by atoms with Crippen LogP contribution in [0, 0.1) is 0 Å². The fourth-order valence-electron chi connectivity index (χ4n) is 1.40. The second-order valence-corrected chi connectivity index (χ2v) is 3.16. The van der Waals surface area contributed by atoms with E-state index in [4.69, 9.17) is 15.2 Å². The minimum atomic E-state index is -0.914. The van der Waals surface area contributed by atoms with Gasteiger partial charge < -0.3 is 31.2 Å². The molecule has 13 heavy (non-hydrogen) atoms. The third kappa shape index (κ3) is 1.98. The molecule has 0 aromatic carbocycles. The molecule has 0 aromatic rings. The number of nitrogens with two attached hydrogens (primary N) is 1. The number of aliphatic hydroxyl groups is 2. The second kappa shape index (κ2) is 4.32. The third-order valence-electron chi connectivity index (χ3n) is 2.31. The van der Waals surface area contributed by atoms with Crippen LogP contribution in [0.2, 0.25) is 0 Å². The van der Waals surface area contributed by atoms with E-state index < -0.39 is 30.6 Å². The molecular weight excluding hydrogens is 176 g/mol. The highest BCUT2D eigenvalue weighted by Crippen LogP contribution is 2.18. The molecule has 0 radical (unpaired) electrons. The fraction of sp³-hybridized carbons (Fsp3) is 1.00. The highest BCUT2D eigenvalue weighted by atomic mass is 16.7. The smallest absolute Gasteiger partial charge is 0.189 e. The number of hydrogen-bond acceptors (Lipinski definition) is 5. The summed E-state index contributed by atoms with van der Waals surface area (Å²) in [5.41, 5.74) is 9.01. The van der Waals surface area contributed by atoms with Crippen molar-refractivity contribution in [3.8, 4) is 0 Å². The molecule has 1 aliphatic heterocycles. The Morgan fingerprint density at radius 3 is 2.54 bits per heavy atom. The maximum Gasteiger partial charge on any atom is 0.189 e. The van der Waals surface area contributed by atoms with Crippen molar-refractivity contribution in [2.75, 3.05) is 13.7 Å². The van der Waals surface area contributed by atoms with E-state index >= 15 is 0 Å². The number of methoxy groups -OCH3 is 1. The lowest BCUT2D eigenvalue weighted by molar-refractivity contribution is -0.486. The van der Waals surface area contributed by atoms with Crippen LogP contribution in [0.15, 0.2) is 0 Å². The summed E-state index contributed by atoms with van der Waals surface area (Å²) in [6.45, 7) is 0.180. The fourth-order valence-corrected chi connectivity index (χ4v) is 1.40. The first-order valence-electron chi connectivity index (χ1n) is 4.19. The average Bonchev–Trinajstić information content (AvgIpc) is 2.15. The van der Waals surface area contributed by atoms with E-state index in [2.05, 4.69) is 5.73 Å². The first kappa shape index (κ1) is 10.8. The monoisotopic (exact) mass is 193 g/mol. The molecule has 0 bridgehead atoms. The van der Waals surface area contributed by atoms with Gasteiger partial charge in [0.1, 0.15) is 18.2 Å². The summed E-state index contributed by atoms with van der Waals surface area (Å²) in [6, 6.07) is -0.535. The van der Waals surface area contributed by atoms with Crippen LogP contribution in [0.5, 0.6) is 0 Å². The summed E-state index contributed by atoms with van der Waals surface area (Å²) in [7, 11) is 1.42. The Bertz CT molecular complexity index is 149. The second-order valence-electron chi connectivity index (χ2n) is 3.16. The van der Waals surface area contributed by atoms with Crippen molar-refractivity contribution < 1.29 is 25.4 Å². The molecule has 1 aliphatic rings. The van der Waals surface area contributed by atoms with Gasteiger partial charge in [0, 0.05) is 13.7 Å². The summed E-state index contributed by atoms with van der Waals surface area (Å²) in [6.07, 6.45) is -3.02. The average molecular weight is 193 g/mol. The van der Waals surface area contributed by atoms with E-state index in [1.165, 1.54) is 7.11 Å². The first-order valence-corrected chi connectivity index (χ1v) is 4.19. The first-order chi connectivity index (χ1) is 6.11. The lowest BCUT2D eigenvalue weighted by Crippen LogP contribution is -2.78. The van der Waals surface area contributed by atoms with Crippen LogP contribution in [-0.4, -0.2) is 54.5 Å². The van der Waals surface area contributed by atoms with Gasteiger partial charge in [-0.3, -0.25) is 0 Å². The van der Waals surface area contributed by atoms with Gasteiger partial charge in [-0.1, -0.05) is 0 Å². The van der Waals surface area contributed by atoms with Crippen LogP contribution in [0.3, 0.4) is 0 Å². The van der Waals surface area contributed by atoms with Crippen molar-refractivity contribution in [3.63, 3.8) is 0 Å². The van der Waals surface area contributed by atoms with Gasteiger partial charge in [-0.2, -0.15) is 0 Å². The molecule has 1 saturated heterocycles. The SMILES string of the molecule is COC1OC(CN)C(O)C([NH3+])C1O. The quantitative estimate of drug-likeness (QED) is 0.366. The Hall–Kier alpha value is -0.240. The Morgan fingerprint density at radius 2 is 2.08 bits per heavy atom. The molecule has 0 spiro atoms. The van der Waals surface area contributed by atoms with Gasteiger partial charge in [0.2, 0.25) is 0 Å². The van der Waals surface area contributed by atoms with E-state index in [0.717, 1.165) is 0 Å². The Kier molecular flexibility index (Phi) is 3.60. The van der Waals surface area contributed by atoms with Crippen LogP contribution in [0.25, 0.3) is 0 Å². The molecule has 5 atom stereocenters. The normalized spacial score (nSPS) is 46.4. The lowest BCUT2D eigenvalue weighted by Gasteiger charge is -2.37. The molecule has 0 aliphatic carbocycles. The van der Waals surface area contributed by atoms with E-state index in [1.54, 1.807) is 0 Å². The van der Waals surface area contributed by atoms with Crippen molar-refractivity contribution in [3.05, 3.63) is 0 Å². The number of ether oxygens (including phenoxy) is 2. The van der Waals surface area contributed by atoms with Gasteiger partial charge >= 0.3 is 0 Å². The maximum absolute atomic E-state index is 9.54. The van der Waals surface area contributed by atoms with Gasteiger partial charge in [-0.15, -0.1) is 0 Å². The molecule has 6 nitrogen and oxygen atoms in total. The highest BCUT2D eigenvalue weighted by Gasteiger charge is 2.44. The highest BCUT2D eigenvalue weighted by molar-refractivity contribution is 4.88. The number of rotatable bonds is 2. The standard InChI is InChI=1S/C7H16N2O4/c1-12-7-6(11)4(9)5(10)3(2-8)13-7/h3-7,10-11H,2,8-9H2,1H3/p+1. The summed E-state index contributed by atoms with van der Waals surface area (Å²) in [5, 5.41) is 19.0. The van der Waals surface area contributed by atoms with Gasteiger partial charge in [-0.25, -0.2) is 0 Å². The summed E-state index contributed by atoms with van der Waals surface area (Å²) < 4.78 is 10.1.